The number of benzene rings is 17. The molecule has 0 amide bonds. The SMILES string of the molecule is O=C(OCCOc1ccc([S+](c2ccccc2)c2ccccc2)cc1)C12CC3CC(CC(C3)C1)C2.O=C(OCCOc1ccc([S+](c2ccccc2)c2ccccc2)cc1)c1ccc2ccccc2c1.O=C(OCCOc1ccc([S+](c2ccccc2)c2ccccc2)cc1)c1cccc2ccccc12.O=C(OCCOc1ccc([S+](c2ccccc2)c2ccccc2)cc1)c1ccccc1. The van der Waals surface area contributed by atoms with Crippen LogP contribution in [0.1, 0.15) is 69.6 Å². The Morgan fingerprint density at radius 2 is 0.478 bits per heavy atom. The van der Waals surface area contributed by atoms with Crippen molar-refractivity contribution in [2.45, 2.75) is 97.3 Å². The molecule has 0 spiro atoms. The van der Waals surface area contributed by atoms with Gasteiger partial charge in [0.15, 0.2) is 58.7 Å². The van der Waals surface area contributed by atoms with Crippen molar-refractivity contribution in [3.8, 4) is 23.0 Å². The van der Waals surface area contributed by atoms with Gasteiger partial charge in [-0.05, 0) is 302 Å². The molecule has 0 radical (unpaired) electrons. The fourth-order valence-corrected chi connectivity index (χ4v) is 26.3. The number of carbonyl (C=O) groups excluding carboxylic acids is 4. The van der Waals surface area contributed by atoms with E-state index in [1.165, 1.54) is 78.0 Å². The van der Waals surface area contributed by atoms with Gasteiger partial charge in [-0.2, -0.15) is 0 Å². The lowest BCUT2D eigenvalue weighted by atomic mass is 9.49. The molecule has 17 aromatic rings. The van der Waals surface area contributed by atoms with Crippen molar-refractivity contribution in [1.82, 2.24) is 0 Å². The molecule has 678 valence electrons. The molecule has 0 aromatic heterocycles. The summed E-state index contributed by atoms with van der Waals surface area (Å²) in [6.45, 7) is 2.17. The molecule has 136 heavy (non-hydrogen) atoms. The number of rotatable bonds is 32. The van der Waals surface area contributed by atoms with Gasteiger partial charge in [-0.25, -0.2) is 14.4 Å². The first-order valence-electron chi connectivity index (χ1n) is 46.1. The first kappa shape index (κ1) is 93.5. The smallest absolute Gasteiger partial charge is 0.338 e. The molecule has 0 aliphatic heterocycles. The van der Waals surface area contributed by atoms with Crippen LogP contribution in [0, 0.1) is 23.2 Å². The normalized spacial score (nSPS) is 14.9. The number of hydrogen-bond acceptors (Lipinski definition) is 12. The lowest BCUT2D eigenvalue weighted by molar-refractivity contribution is -0.172. The van der Waals surface area contributed by atoms with Gasteiger partial charge >= 0.3 is 23.9 Å². The second-order valence-corrected chi connectivity index (χ2v) is 41.3. The Hall–Kier alpha value is -14.3. The fourth-order valence-electron chi connectivity index (χ4n) is 18.0. The van der Waals surface area contributed by atoms with Crippen LogP contribution >= 0.6 is 0 Å². The quantitative estimate of drug-likeness (QED) is 0.0171. The summed E-state index contributed by atoms with van der Waals surface area (Å²) in [5, 5.41) is 4.02. The van der Waals surface area contributed by atoms with Crippen molar-refractivity contribution in [1.29, 1.82) is 0 Å². The van der Waals surface area contributed by atoms with E-state index in [1.54, 1.807) is 24.3 Å². The van der Waals surface area contributed by atoms with E-state index in [0.717, 1.165) is 81.6 Å². The van der Waals surface area contributed by atoms with Crippen molar-refractivity contribution in [3.05, 3.63) is 472 Å². The van der Waals surface area contributed by atoms with Crippen LogP contribution in [0.2, 0.25) is 0 Å². The van der Waals surface area contributed by atoms with Crippen molar-refractivity contribution in [2.24, 2.45) is 23.2 Å². The Balaban J connectivity index is 0.000000126. The van der Waals surface area contributed by atoms with Crippen LogP contribution in [-0.4, -0.2) is 76.7 Å². The summed E-state index contributed by atoms with van der Waals surface area (Å²) in [6, 6.07) is 153. The molecule has 0 saturated heterocycles. The summed E-state index contributed by atoms with van der Waals surface area (Å²) in [4.78, 5) is 65.1. The highest BCUT2D eigenvalue weighted by Gasteiger charge is 2.55. The van der Waals surface area contributed by atoms with Crippen LogP contribution in [0.3, 0.4) is 0 Å². The first-order valence-corrected chi connectivity index (χ1v) is 51.0. The molecule has 21 rings (SSSR count). The summed E-state index contributed by atoms with van der Waals surface area (Å²) < 4.78 is 45.3. The zero-order chi connectivity index (χ0) is 92.7. The standard InChI is InChI=1S/C31H33O3S.2C31H25O3S.C27H23O3S/c32-30(31-20-23-17-24(21-31)19-25(18-23)22-31)34-16-15-33-26-11-13-29(14-12-26)35(27-7-3-1-4-8-27)28-9-5-2-6-10-28;32-31(30-17-9-11-24-10-7-8-16-29(24)30)34-23-22-33-25-18-20-28(21-19-25)35(26-12-3-1-4-13-26)27-14-5-2-6-15-27;32-31(26-16-15-24-9-7-8-10-25(24)23-26)34-22-21-33-27-17-19-30(20-18-27)35(28-11-3-1-4-12-28)29-13-5-2-6-14-29;28-27(22-10-4-1-5-11-22)30-21-20-29-23-16-18-26(19-17-23)31(24-12-6-2-7-13-24)25-14-8-3-9-15-25/h1-14,23-25H,15-22H2;1-21H,22-23H2;1-20,23H,21-22H2;1-19H,20-21H2/q4*+1. The molecule has 17 aromatic carbocycles. The van der Waals surface area contributed by atoms with E-state index in [2.05, 4.69) is 255 Å². The predicted molar refractivity (Wildman–Crippen MR) is 545 cm³/mol. The lowest BCUT2D eigenvalue weighted by Gasteiger charge is -2.55. The Morgan fingerprint density at radius 1 is 0.221 bits per heavy atom. The molecule has 0 heterocycles. The van der Waals surface area contributed by atoms with E-state index in [1.807, 2.05) is 176 Å². The van der Waals surface area contributed by atoms with Gasteiger partial charge in [-0.3, -0.25) is 4.79 Å². The molecule has 4 fully saturated rings. The van der Waals surface area contributed by atoms with Crippen molar-refractivity contribution in [2.75, 3.05) is 52.9 Å². The average molecular weight is 1870 g/mol. The lowest BCUT2D eigenvalue weighted by Crippen LogP contribution is -2.50. The van der Waals surface area contributed by atoms with E-state index in [4.69, 9.17) is 37.9 Å². The maximum Gasteiger partial charge on any atom is 0.338 e. The summed E-state index contributed by atoms with van der Waals surface area (Å²) in [6.07, 6.45) is 7.14. The Kier molecular flexibility index (Phi) is 32.7. The highest BCUT2D eigenvalue weighted by molar-refractivity contribution is 7.98. The highest BCUT2D eigenvalue weighted by Crippen LogP contribution is 2.60. The Bertz CT molecular complexity index is 6440. The van der Waals surface area contributed by atoms with Gasteiger partial charge < -0.3 is 37.9 Å². The van der Waals surface area contributed by atoms with E-state index in [-0.39, 0.29) is 92.7 Å². The molecule has 4 aliphatic rings. The van der Waals surface area contributed by atoms with Gasteiger partial charge in [0.1, 0.15) is 75.9 Å². The van der Waals surface area contributed by atoms with Crippen LogP contribution in [0.15, 0.2) is 514 Å². The highest BCUT2D eigenvalue weighted by atomic mass is 32.2. The molecule has 16 heteroatoms. The van der Waals surface area contributed by atoms with E-state index in [9.17, 15) is 19.2 Å². The van der Waals surface area contributed by atoms with Crippen LogP contribution in [-0.2, 0) is 67.3 Å². The third-order valence-corrected chi connectivity index (χ3v) is 32.8. The van der Waals surface area contributed by atoms with E-state index in [0.29, 0.717) is 49.7 Å². The maximum atomic E-state index is 13.0. The summed E-state index contributed by atoms with van der Waals surface area (Å²) in [7, 11) is -0.737. The molecule has 0 atom stereocenters. The number of ether oxygens (including phenoxy) is 8. The Morgan fingerprint density at radius 3 is 0.809 bits per heavy atom. The molecular weight excluding hydrogens is 1760 g/mol. The van der Waals surface area contributed by atoms with Crippen LogP contribution < -0.4 is 18.9 Å². The number of hydrogen-bond donors (Lipinski definition) is 0. The van der Waals surface area contributed by atoms with Crippen LogP contribution in [0.25, 0.3) is 21.5 Å². The van der Waals surface area contributed by atoms with Crippen molar-refractivity contribution in [3.63, 3.8) is 0 Å². The minimum absolute atomic E-state index is 0.0327. The molecule has 0 unspecified atom stereocenters. The van der Waals surface area contributed by atoms with Gasteiger partial charge in [-0.1, -0.05) is 231 Å². The number of fused-ring (bicyclic) bond motifs is 2. The van der Waals surface area contributed by atoms with Gasteiger partial charge in [0.25, 0.3) is 0 Å². The summed E-state index contributed by atoms with van der Waals surface area (Å²) >= 11 is 0. The average Bonchev–Trinajstić information content (AvgIpc) is 0.738. The topological polar surface area (TPSA) is 142 Å². The Labute approximate surface area is 808 Å². The second kappa shape index (κ2) is 47.6. The van der Waals surface area contributed by atoms with Gasteiger partial charge in [0, 0.05) is 0 Å². The maximum absolute atomic E-state index is 13.0. The molecule has 12 nitrogen and oxygen atoms in total. The molecule has 4 bridgehead atoms. The van der Waals surface area contributed by atoms with Crippen LogP contribution in [0.4, 0.5) is 0 Å². The fraction of sp³-hybridized carbons (Fsp3) is 0.150. The van der Waals surface area contributed by atoms with E-state index < -0.39 is 0 Å². The van der Waals surface area contributed by atoms with Crippen molar-refractivity contribution >= 4 is 89.0 Å². The van der Waals surface area contributed by atoms with E-state index >= 15 is 0 Å². The first-order chi connectivity index (χ1) is 67.1. The number of esters is 4. The number of carbonyl (C=O) groups is 4. The minimum Gasteiger partial charge on any atom is -0.490 e. The second-order valence-electron chi connectivity index (χ2n) is 33.2. The summed E-state index contributed by atoms with van der Waals surface area (Å²) in [5.74, 6) is 4.33. The van der Waals surface area contributed by atoms with Crippen LogP contribution in [0.5, 0.6) is 23.0 Å². The van der Waals surface area contributed by atoms with Crippen molar-refractivity contribution < 1.29 is 57.1 Å². The predicted octanol–water partition coefficient (Wildman–Crippen LogP) is 27.3. The molecule has 0 N–H and O–H groups in total. The largest absolute Gasteiger partial charge is 0.490 e. The van der Waals surface area contributed by atoms with Gasteiger partial charge in [0.05, 0.1) is 65.7 Å². The molecule has 4 saturated carbocycles. The monoisotopic (exact) mass is 1870 g/mol. The third kappa shape index (κ3) is 25.0. The molecular formula is C120H106O12S4+4. The van der Waals surface area contributed by atoms with Gasteiger partial charge in [0.2, 0.25) is 0 Å². The van der Waals surface area contributed by atoms with Gasteiger partial charge in [-0.15, -0.1) is 0 Å². The molecule has 4 aliphatic carbocycles. The third-order valence-electron chi connectivity index (χ3n) is 23.9. The zero-order valence-corrected chi connectivity index (χ0v) is 78.7. The zero-order valence-electron chi connectivity index (χ0n) is 75.5. The summed E-state index contributed by atoms with van der Waals surface area (Å²) in [5.41, 5.74) is 1.46. The minimum atomic E-state index is -0.343.